The van der Waals surface area contributed by atoms with Crippen LogP contribution in [0, 0.1) is 0 Å². The Balaban J connectivity index is 1.61. The van der Waals surface area contributed by atoms with E-state index in [2.05, 4.69) is 62.4 Å². The predicted molar refractivity (Wildman–Crippen MR) is 131 cm³/mol. The van der Waals surface area contributed by atoms with Gasteiger partial charge in [-0.3, -0.25) is 4.98 Å². The quantitative estimate of drug-likeness (QED) is 0.404. The van der Waals surface area contributed by atoms with Gasteiger partial charge in [0.1, 0.15) is 11.8 Å². The number of nitrogens with zero attached hydrogens (tertiary/aromatic N) is 3. The number of benzene rings is 2. The minimum absolute atomic E-state index is 0.0682. The van der Waals surface area contributed by atoms with Crippen molar-refractivity contribution in [3.05, 3.63) is 109 Å². The van der Waals surface area contributed by atoms with Crippen molar-refractivity contribution in [2.75, 3.05) is 11.5 Å². The van der Waals surface area contributed by atoms with Crippen LogP contribution in [0.2, 0.25) is 0 Å². The van der Waals surface area contributed by atoms with Crippen LogP contribution in [-0.2, 0) is 0 Å². The van der Waals surface area contributed by atoms with Crippen LogP contribution in [0.4, 0.5) is 5.69 Å². The van der Waals surface area contributed by atoms with E-state index in [0.29, 0.717) is 11.7 Å². The van der Waals surface area contributed by atoms with Crippen molar-refractivity contribution in [3.63, 3.8) is 0 Å². The second kappa shape index (κ2) is 8.85. The largest absolute Gasteiger partial charge is 0.494 e. The molecule has 4 aromatic rings. The molecule has 1 saturated heterocycles. The summed E-state index contributed by atoms with van der Waals surface area (Å²) in [6.07, 6.45) is 3.92. The maximum atomic E-state index is 5.82. The zero-order chi connectivity index (χ0) is 21.9. The Labute approximate surface area is 193 Å². The maximum Gasteiger partial charge on any atom is 0.174 e. The van der Waals surface area contributed by atoms with Crippen LogP contribution in [0.1, 0.15) is 30.4 Å². The van der Waals surface area contributed by atoms with Crippen molar-refractivity contribution in [2.24, 2.45) is 0 Å². The number of para-hydroxylation sites is 1. The number of thiocarbonyl (C=S) groups is 1. The van der Waals surface area contributed by atoms with Crippen LogP contribution >= 0.6 is 12.2 Å². The molecule has 0 bridgehead atoms. The lowest BCUT2D eigenvalue weighted by atomic mass is 10.0. The highest BCUT2D eigenvalue weighted by atomic mass is 32.1. The number of hydrogen-bond donors (Lipinski definition) is 1. The fourth-order valence-corrected chi connectivity index (χ4v) is 4.61. The average Bonchev–Trinajstić information content (AvgIpc) is 3.45. The Morgan fingerprint density at radius 2 is 1.69 bits per heavy atom. The standard InChI is InChI=1S/C26H24N4OS/c1-2-31-21-15-13-19(14-16-21)29-18-8-12-23(29)25-24(22-11-6-7-17-27-22)28-26(32)30(25)20-9-4-3-5-10-20/h3-18,24-25H,2H2,1H3,(H,28,32)/t24-,25-/m1/s1. The summed E-state index contributed by atoms with van der Waals surface area (Å²) in [5, 5.41) is 4.21. The summed E-state index contributed by atoms with van der Waals surface area (Å²) in [6, 6.07) is 28.5. The molecule has 32 heavy (non-hydrogen) atoms. The SMILES string of the molecule is CCOc1ccc(-n2cccc2[C@@H]2[C@@H](c3ccccn3)NC(=S)N2c2ccccc2)cc1. The highest BCUT2D eigenvalue weighted by Crippen LogP contribution is 2.42. The van der Waals surface area contributed by atoms with Gasteiger partial charge in [0, 0.05) is 29.5 Å². The van der Waals surface area contributed by atoms with E-state index < -0.39 is 0 Å². The summed E-state index contributed by atoms with van der Waals surface area (Å²) in [5.74, 6) is 0.867. The number of anilines is 1. The molecular weight excluding hydrogens is 416 g/mol. The second-order valence-electron chi connectivity index (χ2n) is 7.56. The summed E-state index contributed by atoms with van der Waals surface area (Å²) in [7, 11) is 0. The van der Waals surface area contributed by atoms with Crippen LogP contribution in [0.25, 0.3) is 5.69 Å². The molecule has 0 aliphatic carbocycles. The first-order chi connectivity index (χ1) is 15.8. The van der Waals surface area contributed by atoms with Crippen molar-refractivity contribution < 1.29 is 4.74 Å². The van der Waals surface area contributed by atoms with Gasteiger partial charge in [0.25, 0.3) is 0 Å². The number of hydrogen-bond acceptors (Lipinski definition) is 3. The molecule has 0 saturated carbocycles. The van der Waals surface area contributed by atoms with Gasteiger partial charge in [-0.25, -0.2) is 0 Å². The highest BCUT2D eigenvalue weighted by molar-refractivity contribution is 7.80. The molecule has 5 nitrogen and oxygen atoms in total. The molecular formula is C26H24N4OS. The molecule has 2 aromatic carbocycles. The van der Waals surface area contributed by atoms with E-state index in [-0.39, 0.29) is 12.1 Å². The molecule has 1 aliphatic heterocycles. The van der Waals surface area contributed by atoms with Gasteiger partial charge in [0.2, 0.25) is 0 Å². The van der Waals surface area contributed by atoms with Crippen LogP contribution in [0.5, 0.6) is 5.75 Å². The molecule has 1 N–H and O–H groups in total. The minimum atomic E-state index is -0.0831. The van der Waals surface area contributed by atoms with Crippen molar-refractivity contribution in [1.82, 2.24) is 14.9 Å². The first-order valence-electron chi connectivity index (χ1n) is 10.7. The summed E-state index contributed by atoms with van der Waals surface area (Å²) in [5.41, 5.74) is 4.20. The van der Waals surface area contributed by atoms with Crippen molar-refractivity contribution in [2.45, 2.75) is 19.0 Å². The first kappa shape index (κ1) is 20.3. The molecule has 0 spiro atoms. The zero-order valence-corrected chi connectivity index (χ0v) is 18.6. The third kappa shape index (κ3) is 3.74. The number of ether oxygens (including phenoxy) is 1. The fraction of sp³-hybridized carbons (Fsp3) is 0.154. The Bertz CT molecular complexity index is 1190. The fourth-order valence-electron chi connectivity index (χ4n) is 4.26. The molecule has 0 radical (unpaired) electrons. The summed E-state index contributed by atoms with van der Waals surface area (Å²) in [6.45, 7) is 2.64. The molecule has 5 rings (SSSR count). The van der Waals surface area contributed by atoms with Gasteiger partial charge < -0.3 is 19.5 Å². The molecule has 0 unspecified atom stereocenters. The zero-order valence-electron chi connectivity index (χ0n) is 17.8. The van der Waals surface area contributed by atoms with E-state index in [1.165, 1.54) is 0 Å². The van der Waals surface area contributed by atoms with Gasteiger partial charge in [-0.15, -0.1) is 0 Å². The van der Waals surface area contributed by atoms with Crippen LogP contribution in [0.15, 0.2) is 97.3 Å². The third-order valence-electron chi connectivity index (χ3n) is 5.64. The number of nitrogens with one attached hydrogen (secondary N) is 1. The molecule has 1 fully saturated rings. The Morgan fingerprint density at radius 3 is 2.41 bits per heavy atom. The van der Waals surface area contributed by atoms with Crippen molar-refractivity contribution >= 4 is 23.0 Å². The minimum Gasteiger partial charge on any atom is -0.494 e. The van der Waals surface area contributed by atoms with Crippen molar-refractivity contribution in [1.29, 1.82) is 0 Å². The number of aromatic nitrogens is 2. The van der Waals surface area contributed by atoms with E-state index in [4.69, 9.17) is 17.0 Å². The van der Waals surface area contributed by atoms with Gasteiger partial charge >= 0.3 is 0 Å². The summed E-state index contributed by atoms with van der Waals surface area (Å²) >= 11 is 5.82. The third-order valence-corrected chi connectivity index (χ3v) is 5.96. The number of pyridine rings is 1. The topological polar surface area (TPSA) is 42.3 Å². The van der Waals surface area contributed by atoms with Gasteiger partial charge in [-0.2, -0.15) is 0 Å². The monoisotopic (exact) mass is 440 g/mol. The smallest absolute Gasteiger partial charge is 0.174 e. The molecule has 3 heterocycles. The van der Waals surface area contributed by atoms with E-state index in [0.717, 1.165) is 28.5 Å². The molecule has 6 heteroatoms. The van der Waals surface area contributed by atoms with Crippen LogP contribution < -0.4 is 15.0 Å². The summed E-state index contributed by atoms with van der Waals surface area (Å²) < 4.78 is 7.83. The molecule has 2 atom stereocenters. The van der Waals surface area contributed by atoms with Crippen molar-refractivity contribution in [3.8, 4) is 11.4 Å². The molecule has 1 aliphatic rings. The van der Waals surface area contributed by atoms with Gasteiger partial charge in [-0.1, -0.05) is 24.3 Å². The van der Waals surface area contributed by atoms with E-state index in [1.54, 1.807) is 0 Å². The van der Waals surface area contributed by atoms with Crippen LogP contribution in [-0.4, -0.2) is 21.3 Å². The second-order valence-corrected chi connectivity index (χ2v) is 7.95. The summed E-state index contributed by atoms with van der Waals surface area (Å²) in [4.78, 5) is 6.83. The maximum absolute atomic E-state index is 5.82. The molecule has 160 valence electrons. The predicted octanol–water partition coefficient (Wildman–Crippen LogP) is 5.45. The lowest BCUT2D eigenvalue weighted by Crippen LogP contribution is -2.30. The van der Waals surface area contributed by atoms with E-state index >= 15 is 0 Å². The molecule has 0 amide bonds. The average molecular weight is 441 g/mol. The lowest BCUT2D eigenvalue weighted by molar-refractivity contribution is 0.340. The highest BCUT2D eigenvalue weighted by Gasteiger charge is 2.42. The van der Waals surface area contributed by atoms with Crippen LogP contribution in [0.3, 0.4) is 0 Å². The lowest BCUT2D eigenvalue weighted by Gasteiger charge is -2.29. The van der Waals surface area contributed by atoms with Gasteiger partial charge in [0.15, 0.2) is 5.11 Å². The molecule has 2 aromatic heterocycles. The number of rotatable bonds is 6. The van der Waals surface area contributed by atoms with Gasteiger partial charge in [0.05, 0.1) is 18.3 Å². The first-order valence-corrected chi connectivity index (χ1v) is 11.1. The Kier molecular flexibility index (Phi) is 5.60. The van der Waals surface area contributed by atoms with E-state index in [1.807, 2.05) is 61.7 Å². The Morgan fingerprint density at radius 1 is 0.906 bits per heavy atom. The van der Waals surface area contributed by atoms with E-state index in [9.17, 15) is 0 Å². The van der Waals surface area contributed by atoms with Gasteiger partial charge in [-0.05, 0) is 79.8 Å². The normalized spacial score (nSPS) is 17.9. The Hall–Kier alpha value is -3.64.